The Kier molecular flexibility index (Phi) is 6.54. The van der Waals surface area contributed by atoms with Crippen molar-refractivity contribution in [1.29, 1.82) is 0 Å². The van der Waals surface area contributed by atoms with Crippen LogP contribution in [0.5, 0.6) is 0 Å². The zero-order valence-electron chi connectivity index (χ0n) is 15.6. The predicted molar refractivity (Wildman–Crippen MR) is 103 cm³/mol. The van der Waals surface area contributed by atoms with Crippen LogP contribution in [0.4, 0.5) is 10.5 Å². The molecule has 0 saturated carbocycles. The monoisotopic (exact) mass is 402 g/mol. The summed E-state index contributed by atoms with van der Waals surface area (Å²) in [7, 11) is -3.62. The molecule has 1 aromatic carbocycles. The van der Waals surface area contributed by atoms with Crippen LogP contribution in [-0.4, -0.2) is 95.6 Å². The Balaban J connectivity index is 0.00000196. The molecule has 2 amide bonds. The van der Waals surface area contributed by atoms with Crippen molar-refractivity contribution in [3.05, 3.63) is 28.3 Å². The minimum atomic E-state index is -3.62. The van der Waals surface area contributed by atoms with Crippen LogP contribution in [0.3, 0.4) is 0 Å². The van der Waals surface area contributed by atoms with Crippen LogP contribution in [0.15, 0.2) is 6.07 Å². The molecule has 8 heteroatoms. The summed E-state index contributed by atoms with van der Waals surface area (Å²) in [5.74, 6) is 0. The summed E-state index contributed by atoms with van der Waals surface area (Å²) in [6, 6.07) is 1.67. The maximum absolute atomic E-state index is 12.4. The maximum Gasteiger partial charge on any atom is 0.332 e. The normalized spacial score (nSPS) is 19.3. The van der Waals surface area contributed by atoms with Crippen LogP contribution < -0.4 is 10.0 Å². The van der Waals surface area contributed by atoms with Gasteiger partial charge in [-0.05, 0) is 67.3 Å². The third-order valence-corrected chi connectivity index (χ3v) is 7.40. The van der Waals surface area contributed by atoms with E-state index in [1.165, 1.54) is 22.3 Å². The second-order valence-electron chi connectivity index (χ2n) is 7.31. The number of likely N-dealkylation sites (tertiary alicyclic amines) is 1. The molecular weight excluding hydrogens is 377 g/mol. The molecule has 3 aliphatic rings. The zero-order valence-corrected chi connectivity index (χ0v) is 19.5. The molecule has 1 aliphatic heterocycles. The van der Waals surface area contributed by atoms with Gasteiger partial charge in [-0.3, -0.25) is 0 Å². The summed E-state index contributed by atoms with van der Waals surface area (Å²) in [5.41, 5.74) is 5.91. The van der Waals surface area contributed by atoms with Crippen molar-refractivity contribution >= 4 is 73.1 Å². The van der Waals surface area contributed by atoms with Crippen LogP contribution in [0.25, 0.3) is 0 Å². The van der Waals surface area contributed by atoms with Crippen LogP contribution in [-0.2, 0) is 35.7 Å². The molecule has 1 fully saturated rings. The number of anilines is 1. The van der Waals surface area contributed by atoms with Gasteiger partial charge in [0.25, 0.3) is 0 Å². The van der Waals surface area contributed by atoms with Gasteiger partial charge in [0.1, 0.15) is 5.25 Å². The zero-order chi connectivity index (χ0) is 17.6. The van der Waals surface area contributed by atoms with E-state index < -0.39 is 21.3 Å². The number of nitrogens with one attached hydrogen (secondary N) is 2. The SMILES string of the molecule is CCN1CC(S(=O)(=O)NC(=O)Nc2c3c(cc4c2CCC4)CCC3)C1.[K]. The molecule has 2 N–H and O–H groups in total. The second-order valence-corrected chi connectivity index (χ2v) is 9.27. The summed E-state index contributed by atoms with van der Waals surface area (Å²) in [6.45, 7) is 3.82. The maximum atomic E-state index is 12.4. The fourth-order valence-electron chi connectivity index (χ4n) is 4.30. The largest absolute Gasteiger partial charge is 0.332 e. The summed E-state index contributed by atoms with van der Waals surface area (Å²) in [4.78, 5) is 14.4. The molecule has 1 radical (unpaired) electrons. The molecule has 0 spiro atoms. The van der Waals surface area contributed by atoms with E-state index >= 15 is 0 Å². The number of hydrogen-bond donors (Lipinski definition) is 2. The number of hydrogen-bond acceptors (Lipinski definition) is 4. The first kappa shape index (κ1) is 20.8. The van der Waals surface area contributed by atoms with Gasteiger partial charge in [-0.1, -0.05) is 13.0 Å². The standard InChI is InChI=1S/C18H25N3O3S.K/c1-2-21-10-14(11-21)25(23,24)20-18(22)19-17-15-7-3-5-12(15)9-13-6-4-8-16(13)17;/h9,14H,2-8,10-11H2,1H3,(H2,19,20,22);. The number of aryl methyl sites for hydroxylation is 2. The molecule has 26 heavy (non-hydrogen) atoms. The first-order chi connectivity index (χ1) is 12.0. The molecule has 0 unspecified atom stereocenters. The number of carbonyl (C=O) groups excluding carboxylic acids is 1. The van der Waals surface area contributed by atoms with E-state index in [1.807, 2.05) is 11.8 Å². The van der Waals surface area contributed by atoms with Gasteiger partial charge in [0.15, 0.2) is 0 Å². The molecule has 2 aliphatic carbocycles. The van der Waals surface area contributed by atoms with Crippen LogP contribution >= 0.6 is 0 Å². The average Bonchev–Trinajstić information content (AvgIpc) is 3.13. The Morgan fingerprint density at radius 1 is 1.12 bits per heavy atom. The molecule has 0 atom stereocenters. The topological polar surface area (TPSA) is 78.5 Å². The molecule has 0 aromatic heterocycles. The molecule has 0 bridgehead atoms. The Morgan fingerprint density at radius 2 is 1.69 bits per heavy atom. The summed E-state index contributed by atoms with van der Waals surface area (Å²) >= 11 is 0. The fraction of sp³-hybridized carbons (Fsp3) is 0.611. The number of sulfonamides is 1. The Bertz CT molecular complexity index is 787. The van der Waals surface area contributed by atoms with Gasteiger partial charge in [-0.15, -0.1) is 0 Å². The summed E-state index contributed by atoms with van der Waals surface area (Å²) < 4.78 is 26.9. The Labute approximate surface area is 197 Å². The first-order valence-corrected chi connectivity index (χ1v) is 10.7. The third-order valence-electron chi connectivity index (χ3n) is 5.76. The van der Waals surface area contributed by atoms with Gasteiger partial charge >= 0.3 is 6.03 Å². The van der Waals surface area contributed by atoms with Crippen molar-refractivity contribution in [2.45, 2.75) is 50.7 Å². The van der Waals surface area contributed by atoms with E-state index in [0.29, 0.717) is 13.1 Å². The fourth-order valence-corrected chi connectivity index (χ4v) is 5.59. The molecule has 6 nitrogen and oxygen atoms in total. The first-order valence-electron chi connectivity index (χ1n) is 9.19. The molecule has 1 saturated heterocycles. The minimum Gasteiger partial charge on any atom is -0.307 e. The van der Waals surface area contributed by atoms with Crippen molar-refractivity contribution in [2.75, 3.05) is 25.0 Å². The van der Waals surface area contributed by atoms with E-state index in [9.17, 15) is 13.2 Å². The number of fused-ring (bicyclic) bond motifs is 2. The van der Waals surface area contributed by atoms with E-state index in [-0.39, 0.29) is 51.4 Å². The number of rotatable bonds is 4. The van der Waals surface area contributed by atoms with E-state index in [1.54, 1.807) is 0 Å². The summed E-state index contributed by atoms with van der Waals surface area (Å²) in [5, 5.41) is 2.39. The number of urea groups is 1. The molecule has 137 valence electrons. The third kappa shape index (κ3) is 3.92. The summed E-state index contributed by atoms with van der Waals surface area (Å²) in [6.07, 6.45) is 6.21. The number of amides is 2. The molecule has 1 aromatic rings. The van der Waals surface area contributed by atoms with E-state index in [0.717, 1.165) is 50.8 Å². The van der Waals surface area contributed by atoms with Gasteiger partial charge in [0.05, 0.1) is 0 Å². The van der Waals surface area contributed by atoms with Crippen LogP contribution in [0.2, 0.25) is 0 Å². The van der Waals surface area contributed by atoms with Crippen LogP contribution in [0.1, 0.15) is 42.0 Å². The number of benzene rings is 1. The van der Waals surface area contributed by atoms with Crippen molar-refractivity contribution < 1.29 is 13.2 Å². The van der Waals surface area contributed by atoms with Gasteiger partial charge in [0, 0.05) is 70.2 Å². The van der Waals surface area contributed by atoms with Crippen molar-refractivity contribution in [3.63, 3.8) is 0 Å². The smallest absolute Gasteiger partial charge is 0.307 e. The van der Waals surface area contributed by atoms with Crippen molar-refractivity contribution in [3.8, 4) is 0 Å². The predicted octanol–water partition coefficient (Wildman–Crippen LogP) is 1.44. The number of carbonyl (C=O) groups is 1. The van der Waals surface area contributed by atoms with Crippen molar-refractivity contribution in [1.82, 2.24) is 9.62 Å². The van der Waals surface area contributed by atoms with E-state index in [4.69, 9.17) is 0 Å². The minimum absolute atomic E-state index is 0. The van der Waals surface area contributed by atoms with Crippen molar-refractivity contribution in [2.24, 2.45) is 0 Å². The quantitative estimate of drug-likeness (QED) is 0.747. The Hall–Kier alpha value is 0.0364. The second kappa shape index (κ2) is 8.19. The Morgan fingerprint density at radius 3 is 2.23 bits per heavy atom. The van der Waals surface area contributed by atoms with E-state index in [2.05, 4.69) is 16.1 Å². The molecular formula is C18H25KN3O3S. The molecule has 1 heterocycles. The van der Waals surface area contributed by atoms with Gasteiger partial charge in [-0.25, -0.2) is 17.9 Å². The van der Waals surface area contributed by atoms with Gasteiger partial charge in [-0.2, -0.15) is 0 Å². The number of nitrogens with zero attached hydrogens (tertiary/aromatic N) is 1. The van der Waals surface area contributed by atoms with Gasteiger partial charge < -0.3 is 10.2 Å². The average molecular weight is 403 g/mol. The molecule has 4 rings (SSSR count). The van der Waals surface area contributed by atoms with Gasteiger partial charge in [0.2, 0.25) is 10.0 Å². The van der Waals surface area contributed by atoms with Crippen LogP contribution in [0, 0.1) is 0 Å².